The minimum absolute atomic E-state index is 0.266. The van der Waals surface area contributed by atoms with Gasteiger partial charge in [0.1, 0.15) is 16.6 Å². The smallest absolute Gasteiger partial charge is 0.330 e. The van der Waals surface area contributed by atoms with Gasteiger partial charge in [0.25, 0.3) is 0 Å². The Morgan fingerprint density at radius 1 is 1.47 bits per heavy atom. The van der Waals surface area contributed by atoms with Crippen LogP contribution in [0.25, 0.3) is 0 Å². The molecule has 0 aromatic heterocycles. The van der Waals surface area contributed by atoms with E-state index >= 15 is 0 Å². The molecule has 0 radical (unpaired) electrons. The Morgan fingerprint density at radius 2 is 2.11 bits per heavy atom. The zero-order valence-electron chi connectivity index (χ0n) is 12.1. The van der Waals surface area contributed by atoms with Crippen LogP contribution in [0.2, 0.25) is 0 Å². The molecule has 1 aromatic rings. The molecule has 0 fully saturated rings. The minimum Gasteiger partial charge on any atom is -0.454 e. The van der Waals surface area contributed by atoms with Crippen molar-refractivity contribution in [2.45, 2.75) is 38.9 Å². The van der Waals surface area contributed by atoms with Crippen molar-refractivity contribution < 1.29 is 14.0 Å². The monoisotopic (exact) mass is 278 g/mol. The van der Waals surface area contributed by atoms with Gasteiger partial charge in [0, 0.05) is 6.08 Å². The predicted molar refractivity (Wildman–Crippen MR) is 79.8 cm³/mol. The first-order valence-corrected chi connectivity index (χ1v) is 7.25. The molecule has 1 atom stereocenters. The van der Waals surface area contributed by atoms with Crippen LogP contribution in [0.1, 0.15) is 44.4 Å². The van der Waals surface area contributed by atoms with Crippen molar-refractivity contribution in [2.24, 2.45) is 0 Å². The van der Waals surface area contributed by atoms with Gasteiger partial charge >= 0.3 is 5.97 Å². The molecule has 1 unspecified atom stereocenters. The maximum Gasteiger partial charge on any atom is 0.330 e. The molecule has 0 amide bonds. The predicted octanol–water partition coefficient (Wildman–Crippen LogP) is 2.40. The van der Waals surface area contributed by atoms with Crippen molar-refractivity contribution >= 4 is 16.5 Å². The number of esters is 1. The van der Waals surface area contributed by atoms with Crippen molar-refractivity contribution in [3.8, 4) is 0 Å². The number of ether oxygens (including phenoxy) is 1. The average molecular weight is 278 g/mol. The minimum atomic E-state index is -0.397. The Labute approximate surface area is 118 Å². The molecule has 0 heterocycles. The molecule has 0 bridgehead atoms. The number of benzene rings is 1. The van der Waals surface area contributed by atoms with Crippen molar-refractivity contribution in [1.82, 2.24) is 0 Å². The van der Waals surface area contributed by atoms with E-state index in [-0.39, 0.29) is 11.7 Å². The topological polar surface area (TPSA) is 35.5 Å². The molecule has 104 valence electrons. The third kappa shape index (κ3) is 3.78. The second-order valence-electron chi connectivity index (χ2n) is 4.84. The first-order valence-electron chi connectivity index (χ1n) is 6.43. The third-order valence-electron chi connectivity index (χ3n) is 3.26. The lowest BCUT2D eigenvalue weighted by Crippen LogP contribution is -2.24. The summed E-state index contributed by atoms with van der Waals surface area (Å²) in [6.07, 6.45) is 1.64. The lowest BCUT2D eigenvalue weighted by molar-refractivity contribution is -0.143. The van der Waals surface area contributed by atoms with E-state index < -0.39 is 5.97 Å². The van der Waals surface area contributed by atoms with Gasteiger partial charge in [0.15, 0.2) is 0 Å². The van der Waals surface area contributed by atoms with Gasteiger partial charge in [0.05, 0.1) is 5.60 Å². The number of carbonyl (C=O) groups is 1. The molecular weight excluding hydrogens is 256 g/mol. The van der Waals surface area contributed by atoms with Gasteiger partial charge in [-0.15, -0.1) is 0 Å². The standard InChI is InChI=1S/C15H22O3Si/c1-5-13(17-14(16)6-2)11-9-7-8-10-12(11)15(3,4)18-19/h6-10,13H,2,5H2,1,3-4,19H3. The van der Waals surface area contributed by atoms with Crippen LogP contribution in [0.15, 0.2) is 36.9 Å². The summed E-state index contributed by atoms with van der Waals surface area (Å²) in [5.74, 6) is -0.397. The largest absolute Gasteiger partial charge is 0.454 e. The molecule has 0 saturated carbocycles. The van der Waals surface area contributed by atoms with Crippen LogP contribution in [0.4, 0.5) is 0 Å². The number of rotatable bonds is 6. The molecule has 0 aliphatic heterocycles. The number of hydrogen-bond acceptors (Lipinski definition) is 3. The SMILES string of the molecule is C=CC(=O)OC(CC)c1ccccc1C(C)(C)O[SiH3]. The van der Waals surface area contributed by atoms with Gasteiger partial charge < -0.3 is 9.16 Å². The van der Waals surface area contributed by atoms with Crippen LogP contribution >= 0.6 is 0 Å². The van der Waals surface area contributed by atoms with E-state index in [1.54, 1.807) is 0 Å². The van der Waals surface area contributed by atoms with Crippen LogP contribution in [-0.4, -0.2) is 16.5 Å². The van der Waals surface area contributed by atoms with E-state index in [9.17, 15) is 4.79 Å². The first kappa shape index (κ1) is 15.7. The fourth-order valence-corrected chi connectivity index (χ4v) is 2.21. The maximum absolute atomic E-state index is 11.4. The third-order valence-corrected chi connectivity index (χ3v) is 4.28. The van der Waals surface area contributed by atoms with E-state index in [1.807, 2.05) is 45.0 Å². The van der Waals surface area contributed by atoms with Crippen molar-refractivity contribution in [1.29, 1.82) is 0 Å². The molecule has 1 rings (SSSR count). The van der Waals surface area contributed by atoms with Gasteiger partial charge in [-0.3, -0.25) is 0 Å². The Kier molecular flexibility index (Phi) is 5.51. The molecule has 1 aromatic carbocycles. The molecule has 0 N–H and O–H groups in total. The van der Waals surface area contributed by atoms with E-state index in [0.717, 1.165) is 11.1 Å². The van der Waals surface area contributed by atoms with E-state index in [1.165, 1.54) is 6.08 Å². The van der Waals surface area contributed by atoms with Crippen LogP contribution in [-0.2, 0) is 19.6 Å². The summed E-state index contributed by atoms with van der Waals surface area (Å²) in [4.78, 5) is 11.4. The first-order chi connectivity index (χ1) is 8.96. The average Bonchev–Trinajstić information content (AvgIpc) is 2.44. The molecule has 0 aliphatic rings. The second-order valence-corrected chi connectivity index (χ2v) is 5.25. The van der Waals surface area contributed by atoms with Gasteiger partial charge in [-0.2, -0.15) is 0 Å². The summed E-state index contributed by atoms with van der Waals surface area (Å²) < 4.78 is 11.1. The molecular formula is C15H22O3Si. The van der Waals surface area contributed by atoms with Crippen LogP contribution in [0.3, 0.4) is 0 Å². The number of hydrogen-bond donors (Lipinski definition) is 0. The maximum atomic E-state index is 11.4. The van der Waals surface area contributed by atoms with Gasteiger partial charge in [0.2, 0.25) is 0 Å². The molecule has 0 saturated heterocycles. The Morgan fingerprint density at radius 3 is 2.63 bits per heavy atom. The normalized spacial score (nSPS) is 13.0. The molecule has 3 nitrogen and oxygen atoms in total. The highest BCUT2D eigenvalue weighted by molar-refractivity contribution is 5.98. The summed E-state index contributed by atoms with van der Waals surface area (Å²) in [5, 5.41) is 0. The van der Waals surface area contributed by atoms with Crippen molar-refractivity contribution in [2.75, 3.05) is 0 Å². The van der Waals surface area contributed by atoms with Crippen LogP contribution in [0.5, 0.6) is 0 Å². The highest BCUT2D eigenvalue weighted by Crippen LogP contribution is 2.33. The zero-order chi connectivity index (χ0) is 14.5. The molecule has 4 heteroatoms. The van der Waals surface area contributed by atoms with Crippen LogP contribution in [0, 0.1) is 0 Å². The highest BCUT2D eigenvalue weighted by atomic mass is 28.2. The summed E-state index contributed by atoms with van der Waals surface area (Å²) in [6, 6.07) is 7.94. The quantitative estimate of drug-likeness (QED) is 0.455. The lowest BCUT2D eigenvalue weighted by atomic mass is 9.90. The highest BCUT2D eigenvalue weighted by Gasteiger charge is 2.26. The Balaban J connectivity index is 3.17. The summed E-state index contributed by atoms with van der Waals surface area (Å²) >= 11 is 0. The lowest BCUT2D eigenvalue weighted by Gasteiger charge is -2.29. The fraction of sp³-hybridized carbons (Fsp3) is 0.400. The summed E-state index contributed by atoms with van der Waals surface area (Å²) in [6.45, 7) is 9.49. The number of carbonyl (C=O) groups excluding carboxylic acids is 1. The fourth-order valence-electron chi connectivity index (χ4n) is 1.99. The van der Waals surface area contributed by atoms with Gasteiger partial charge in [-0.1, -0.05) is 37.8 Å². The van der Waals surface area contributed by atoms with Gasteiger partial charge in [-0.25, -0.2) is 4.79 Å². The summed E-state index contributed by atoms with van der Waals surface area (Å²) in [5.41, 5.74) is 1.70. The van der Waals surface area contributed by atoms with E-state index in [4.69, 9.17) is 9.16 Å². The summed E-state index contributed by atoms with van der Waals surface area (Å²) in [7, 11) is 0.652. The molecule has 19 heavy (non-hydrogen) atoms. The molecule has 0 spiro atoms. The van der Waals surface area contributed by atoms with Crippen molar-refractivity contribution in [3.05, 3.63) is 48.0 Å². The second kappa shape index (κ2) is 6.68. The molecule has 0 aliphatic carbocycles. The van der Waals surface area contributed by atoms with E-state index in [2.05, 4.69) is 6.58 Å². The Bertz CT molecular complexity index is 454. The van der Waals surface area contributed by atoms with E-state index in [0.29, 0.717) is 16.9 Å². The zero-order valence-corrected chi connectivity index (χ0v) is 14.1. The van der Waals surface area contributed by atoms with Crippen molar-refractivity contribution in [3.63, 3.8) is 0 Å². The Hall–Kier alpha value is -1.39. The van der Waals surface area contributed by atoms with Gasteiger partial charge in [-0.05, 0) is 31.4 Å². The van der Waals surface area contributed by atoms with Crippen LogP contribution < -0.4 is 0 Å².